The third-order valence-corrected chi connectivity index (χ3v) is 8.12. The zero-order chi connectivity index (χ0) is 29.9. The van der Waals surface area contributed by atoms with Crippen LogP contribution in [0.15, 0.2) is 170 Å². The number of anilines is 3. The molecule has 0 bridgehead atoms. The molecule has 0 unspecified atom stereocenters. The molecule has 2 N–H and O–H groups in total. The van der Waals surface area contributed by atoms with Gasteiger partial charge >= 0.3 is 7.12 Å². The molecule has 0 aliphatic heterocycles. The highest BCUT2D eigenvalue weighted by atomic mass is 16.4. The van der Waals surface area contributed by atoms with Crippen molar-refractivity contribution in [3.63, 3.8) is 0 Å². The van der Waals surface area contributed by atoms with Gasteiger partial charge in [-0.15, -0.1) is 0 Å². The fraction of sp³-hybridized carbons (Fsp3) is 0. The van der Waals surface area contributed by atoms with E-state index in [-0.39, 0.29) is 0 Å². The molecule has 0 aromatic heterocycles. The monoisotopic (exact) mass is 567 g/mol. The van der Waals surface area contributed by atoms with Crippen LogP contribution in [0.5, 0.6) is 0 Å². The normalized spacial score (nSPS) is 11.0. The molecule has 0 atom stereocenters. The van der Waals surface area contributed by atoms with Crippen molar-refractivity contribution in [2.45, 2.75) is 0 Å². The molecule has 44 heavy (non-hydrogen) atoms. The molecule has 0 spiro atoms. The van der Waals surface area contributed by atoms with Crippen molar-refractivity contribution in [2.75, 3.05) is 4.90 Å². The summed E-state index contributed by atoms with van der Waals surface area (Å²) in [6, 6.07) is 58.1. The van der Waals surface area contributed by atoms with Crippen LogP contribution < -0.4 is 10.4 Å². The van der Waals surface area contributed by atoms with Gasteiger partial charge in [-0.05, 0) is 86.0 Å². The third-order valence-electron chi connectivity index (χ3n) is 8.12. The molecule has 0 fully saturated rings. The molecule has 7 aromatic carbocycles. The molecule has 0 saturated carbocycles. The Morgan fingerprint density at radius 3 is 1.55 bits per heavy atom. The maximum absolute atomic E-state index is 10.2. The van der Waals surface area contributed by atoms with Crippen LogP contribution in [-0.4, -0.2) is 17.2 Å². The number of hydrogen-bond donors (Lipinski definition) is 2. The molecule has 7 rings (SSSR count). The summed E-state index contributed by atoms with van der Waals surface area (Å²) in [5.41, 5.74) is 9.72. The molecule has 3 nitrogen and oxygen atoms in total. The van der Waals surface area contributed by atoms with E-state index in [4.69, 9.17) is 0 Å². The van der Waals surface area contributed by atoms with Crippen molar-refractivity contribution in [3.05, 3.63) is 170 Å². The molecule has 0 aliphatic carbocycles. The van der Waals surface area contributed by atoms with Gasteiger partial charge in [-0.1, -0.05) is 133 Å². The molecule has 0 aliphatic rings. The molecule has 7 aromatic rings. The number of nitrogens with zero attached hydrogens (tertiary/aromatic N) is 1. The third kappa shape index (κ3) is 5.40. The van der Waals surface area contributed by atoms with Gasteiger partial charge in [0, 0.05) is 17.1 Å². The van der Waals surface area contributed by atoms with Crippen molar-refractivity contribution in [1.29, 1.82) is 0 Å². The van der Waals surface area contributed by atoms with E-state index >= 15 is 0 Å². The van der Waals surface area contributed by atoms with Gasteiger partial charge in [-0.25, -0.2) is 0 Å². The van der Waals surface area contributed by atoms with Crippen LogP contribution in [0.25, 0.3) is 44.2 Å². The van der Waals surface area contributed by atoms with Crippen molar-refractivity contribution in [1.82, 2.24) is 0 Å². The minimum absolute atomic E-state index is 0.464. The molecule has 0 saturated heterocycles. The Labute approximate surface area is 258 Å². The van der Waals surface area contributed by atoms with Crippen LogP contribution in [0.3, 0.4) is 0 Å². The van der Waals surface area contributed by atoms with E-state index in [9.17, 15) is 10.0 Å². The second-order valence-corrected chi connectivity index (χ2v) is 10.8. The Morgan fingerprint density at radius 2 is 0.886 bits per heavy atom. The van der Waals surface area contributed by atoms with E-state index in [0.29, 0.717) is 5.46 Å². The minimum Gasteiger partial charge on any atom is -0.423 e. The van der Waals surface area contributed by atoms with Crippen molar-refractivity contribution in [3.8, 4) is 33.4 Å². The van der Waals surface area contributed by atoms with Gasteiger partial charge in [0.1, 0.15) is 0 Å². The molecule has 0 radical (unpaired) electrons. The fourth-order valence-electron chi connectivity index (χ4n) is 5.92. The van der Waals surface area contributed by atoms with Crippen molar-refractivity contribution >= 4 is 40.4 Å². The van der Waals surface area contributed by atoms with Gasteiger partial charge in [0.05, 0.1) is 0 Å². The Bertz CT molecular complexity index is 2020. The molecular weight excluding hydrogens is 537 g/mol. The van der Waals surface area contributed by atoms with E-state index in [2.05, 4.69) is 120 Å². The van der Waals surface area contributed by atoms with Gasteiger partial charge in [0.25, 0.3) is 0 Å². The Morgan fingerprint density at radius 1 is 0.386 bits per heavy atom. The first-order valence-electron chi connectivity index (χ1n) is 14.7. The second-order valence-electron chi connectivity index (χ2n) is 10.8. The van der Waals surface area contributed by atoms with E-state index in [1.165, 1.54) is 16.3 Å². The van der Waals surface area contributed by atoms with Crippen LogP contribution >= 0.6 is 0 Å². The van der Waals surface area contributed by atoms with Crippen LogP contribution in [0.1, 0.15) is 0 Å². The van der Waals surface area contributed by atoms with Crippen LogP contribution in [0, 0.1) is 0 Å². The highest BCUT2D eigenvalue weighted by molar-refractivity contribution is 6.60. The predicted molar refractivity (Wildman–Crippen MR) is 185 cm³/mol. The number of fused-ring (bicyclic) bond motifs is 1. The zero-order valence-corrected chi connectivity index (χ0v) is 24.1. The standard InChI is InChI=1S/C40H30BNO2/c43-41(44)40-27-26-36(28-39(40)32-12-5-2-6-13-32)42(34-22-18-30(19-23-34)29-10-3-1-4-11-29)35-24-20-33(21-25-35)38-17-9-15-31-14-7-8-16-37(31)38/h1-28,43-44H. The lowest BCUT2D eigenvalue weighted by Gasteiger charge is -2.27. The smallest absolute Gasteiger partial charge is 0.423 e. The molecule has 0 heterocycles. The van der Waals surface area contributed by atoms with Crippen LogP contribution in [-0.2, 0) is 0 Å². The van der Waals surface area contributed by atoms with E-state index in [1.807, 2.05) is 48.5 Å². The first kappa shape index (κ1) is 27.4. The number of benzene rings is 7. The lowest BCUT2D eigenvalue weighted by molar-refractivity contribution is 0.426. The molecule has 4 heteroatoms. The van der Waals surface area contributed by atoms with E-state index < -0.39 is 7.12 Å². The summed E-state index contributed by atoms with van der Waals surface area (Å²) in [4.78, 5) is 2.21. The van der Waals surface area contributed by atoms with Gasteiger partial charge in [0.15, 0.2) is 0 Å². The number of hydrogen-bond acceptors (Lipinski definition) is 3. The summed E-state index contributed by atoms with van der Waals surface area (Å²) in [7, 11) is -1.59. The Kier molecular flexibility index (Phi) is 7.52. The second kappa shape index (κ2) is 12.1. The first-order valence-corrected chi connectivity index (χ1v) is 14.7. The largest absolute Gasteiger partial charge is 0.489 e. The summed E-state index contributed by atoms with van der Waals surface area (Å²) >= 11 is 0. The SMILES string of the molecule is OB(O)c1ccc(N(c2ccc(-c3ccccc3)cc2)c2ccc(-c3cccc4ccccc34)cc2)cc1-c1ccccc1. The average molecular weight is 567 g/mol. The lowest BCUT2D eigenvalue weighted by atomic mass is 9.75. The Balaban J connectivity index is 1.35. The first-order chi connectivity index (χ1) is 21.7. The average Bonchev–Trinajstić information content (AvgIpc) is 3.09. The topological polar surface area (TPSA) is 43.7 Å². The van der Waals surface area contributed by atoms with Crippen molar-refractivity contribution < 1.29 is 10.0 Å². The quantitative estimate of drug-likeness (QED) is 0.189. The molecule has 0 amide bonds. The fourth-order valence-corrected chi connectivity index (χ4v) is 5.92. The minimum atomic E-state index is -1.59. The summed E-state index contributed by atoms with van der Waals surface area (Å²) in [5, 5.41) is 22.9. The summed E-state index contributed by atoms with van der Waals surface area (Å²) in [6.45, 7) is 0. The maximum Gasteiger partial charge on any atom is 0.489 e. The highest BCUT2D eigenvalue weighted by Crippen LogP contribution is 2.38. The van der Waals surface area contributed by atoms with Gasteiger partial charge in [-0.2, -0.15) is 0 Å². The predicted octanol–water partition coefficient (Wildman–Crippen LogP) is 8.99. The Hall–Kier alpha value is -5.42. The number of rotatable bonds is 7. The van der Waals surface area contributed by atoms with Crippen molar-refractivity contribution in [2.24, 2.45) is 0 Å². The van der Waals surface area contributed by atoms with Gasteiger partial charge < -0.3 is 14.9 Å². The zero-order valence-electron chi connectivity index (χ0n) is 24.1. The summed E-state index contributed by atoms with van der Waals surface area (Å²) in [6.07, 6.45) is 0. The van der Waals surface area contributed by atoms with E-state index in [0.717, 1.165) is 44.9 Å². The lowest BCUT2D eigenvalue weighted by Crippen LogP contribution is -2.31. The highest BCUT2D eigenvalue weighted by Gasteiger charge is 2.21. The van der Waals surface area contributed by atoms with Crippen LogP contribution in [0.2, 0.25) is 0 Å². The molecular formula is C40H30BNO2. The summed E-state index contributed by atoms with van der Waals surface area (Å²) in [5.74, 6) is 0. The summed E-state index contributed by atoms with van der Waals surface area (Å²) < 4.78 is 0. The maximum atomic E-state index is 10.2. The van der Waals surface area contributed by atoms with Gasteiger partial charge in [0.2, 0.25) is 0 Å². The molecule has 210 valence electrons. The van der Waals surface area contributed by atoms with Crippen LogP contribution in [0.4, 0.5) is 17.1 Å². The van der Waals surface area contributed by atoms with E-state index in [1.54, 1.807) is 6.07 Å². The van der Waals surface area contributed by atoms with Gasteiger partial charge in [-0.3, -0.25) is 0 Å².